The number of aryl methyl sites for hydroxylation is 1. The summed E-state index contributed by atoms with van der Waals surface area (Å²) in [6.45, 7) is 12.8. The van der Waals surface area contributed by atoms with E-state index in [4.69, 9.17) is 0 Å². The molecule has 0 amide bonds. The van der Waals surface area contributed by atoms with Gasteiger partial charge in [-0.1, -0.05) is 48.1 Å². The van der Waals surface area contributed by atoms with Crippen LogP contribution in [0.25, 0.3) is 11.6 Å². The van der Waals surface area contributed by atoms with Crippen molar-refractivity contribution in [1.82, 2.24) is 0 Å². The van der Waals surface area contributed by atoms with Crippen LogP contribution < -0.4 is 0 Å². The van der Waals surface area contributed by atoms with Crippen LogP contribution in [-0.4, -0.2) is 0 Å². The number of rotatable bonds is 4. The molecule has 20 heavy (non-hydrogen) atoms. The summed E-state index contributed by atoms with van der Waals surface area (Å²) in [5.41, 5.74) is 7.86. The Morgan fingerprint density at radius 2 is 1.70 bits per heavy atom. The van der Waals surface area contributed by atoms with E-state index in [2.05, 4.69) is 90.1 Å². The minimum absolute atomic E-state index is 1.26. The van der Waals surface area contributed by atoms with Crippen molar-refractivity contribution in [1.29, 1.82) is 0 Å². The Morgan fingerprint density at radius 3 is 2.30 bits per heavy atom. The number of hydrogen-bond donors (Lipinski definition) is 0. The highest BCUT2D eigenvalue weighted by Gasteiger charge is 2.03. The Kier molecular flexibility index (Phi) is 6.24. The fraction of sp³-hybridized carbons (Fsp3) is 0.300. The standard InChI is InChI=1S/C20H26/c1-7-9-19-13-12-17(5)20(14-19)18(6)16(4)11-10-15(3)8-2/h7-14H,1-6H3/b9-7?,11-10+,15-8+,18-16-. The maximum absolute atomic E-state index is 2.27. The van der Waals surface area contributed by atoms with Gasteiger partial charge in [0.25, 0.3) is 0 Å². The number of benzene rings is 1. The highest BCUT2D eigenvalue weighted by Crippen LogP contribution is 2.24. The third-order valence-electron chi connectivity index (χ3n) is 3.67. The molecule has 0 bridgehead atoms. The molecule has 0 fully saturated rings. The lowest BCUT2D eigenvalue weighted by atomic mass is 9.95. The summed E-state index contributed by atoms with van der Waals surface area (Å²) in [5, 5.41) is 0. The minimum Gasteiger partial charge on any atom is -0.0871 e. The number of hydrogen-bond acceptors (Lipinski definition) is 0. The highest BCUT2D eigenvalue weighted by molar-refractivity contribution is 5.73. The first kappa shape index (κ1) is 16.2. The molecule has 0 aliphatic heterocycles. The predicted octanol–water partition coefficient (Wildman–Crippen LogP) is 6.34. The zero-order valence-electron chi connectivity index (χ0n) is 13.6. The molecular formula is C20H26. The van der Waals surface area contributed by atoms with E-state index in [9.17, 15) is 0 Å². The maximum atomic E-state index is 2.27. The Balaban J connectivity index is 3.21. The van der Waals surface area contributed by atoms with E-state index < -0.39 is 0 Å². The van der Waals surface area contributed by atoms with Gasteiger partial charge in [-0.3, -0.25) is 0 Å². The molecule has 106 valence electrons. The summed E-state index contributed by atoms with van der Waals surface area (Å²) < 4.78 is 0. The molecule has 1 aromatic carbocycles. The van der Waals surface area contributed by atoms with Gasteiger partial charge >= 0.3 is 0 Å². The van der Waals surface area contributed by atoms with Gasteiger partial charge in [-0.05, 0) is 75.4 Å². The second-order valence-electron chi connectivity index (χ2n) is 5.25. The quantitative estimate of drug-likeness (QED) is 0.557. The van der Waals surface area contributed by atoms with Crippen molar-refractivity contribution in [3.8, 4) is 0 Å². The lowest BCUT2D eigenvalue weighted by molar-refractivity contribution is 1.36. The van der Waals surface area contributed by atoms with E-state index >= 15 is 0 Å². The van der Waals surface area contributed by atoms with Gasteiger partial charge in [0, 0.05) is 0 Å². The molecule has 0 aromatic heterocycles. The van der Waals surface area contributed by atoms with E-state index in [1.54, 1.807) is 0 Å². The van der Waals surface area contributed by atoms with E-state index in [1.165, 1.54) is 33.4 Å². The average Bonchev–Trinajstić information content (AvgIpc) is 2.45. The van der Waals surface area contributed by atoms with Gasteiger partial charge in [0.1, 0.15) is 0 Å². The fourth-order valence-electron chi connectivity index (χ4n) is 2.03. The first-order valence-corrected chi connectivity index (χ1v) is 7.21. The zero-order valence-corrected chi connectivity index (χ0v) is 13.6. The Morgan fingerprint density at radius 1 is 1.00 bits per heavy atom. The summed E-state index contributed by atoms with van der Waals surface area (Å²) in [7, 11) is 0. The third kappa shape index (κ3) is 4.38. The van der Waals surface area contributed by atoms with Crippen LogP contribution in [0.2, 0.25) is 0 Å². The van der Waals surface area contributed by atoms with Crippen LogP contribution >= 0.6 is 0 Å². The Hall–Kier alpha value is -1.82. The summed E-state index contributed by atoms with van der Waals surface area (Å²) in [5.74, 6) is 0. The monoisotopic (exact) mass is 266 g/mol. The Bertz CT molecular complexity index is 578. The van der Waals surface area contributed by atoms with E-state index in [1.807, 2.05) is 0 Å². The molecule has 0 radical (unpaired) electrons. The maximum Gasteiger partial charge on any atom is -0.0189 e. The molecule has 0 saturated carbocycles. The van der Waals surface area contributed by atoms with Crippen LogP contribution in [0.15, 0.2) is 53.6 Å². The topological polar surface area (TPSA) is 0 Å². The number of allylic oxidation sites excluding steroid dienone is 7. The van der Waals surface area contributed by atoms with Crippen LogP contribution in [0.5, 0.6) is 0 Å². The molecule has 0 N–H and O–H groups in total. The predicted molar refractivity (Wildman–Crippen MR) is 92.7 cm³/mol. The van der Waals surface area contributed by atoms with E-state index in [-0.39, 0.29) is 0 Å². The highest BCUT2D eigenvalue weighted by atomic mass is 14.1. The first-order chi connectivity index (χ1) is 9.49. The smallest absolute Gasteiger partial charge is 0.0189 e. The van der Waals surface area contributed by atoms with Gasteiger partial charge in [-0.2, -0.15) is 0 Å². The molecule has 0 aliphatic rings. The summed E-state index contributed by atoms with van der Waals surface area (Å²) in [6.07, 6.45) is 10.7. The molecule has 0 heteroatoms. The van der Waals surface area contributed by atoms with Gasteiger partial charge < -0.3 is 0 Å². The molecule has 0 saturated heterocycles. The summed E-state index contributed by atoms with van der Waals surface area (Å²) in [4.78, 5) is 0. The molecular weight excluding hydrogens is 240 g/mol. The molecule has 0 heterocycles. The molecule has 1 aromatic rings. The van der Waals surface area contributed by atoms with Gasteiger partial charge in [-0.25, -0.2) is 0 Å². The minimum atomic E-state index is 1.26. The van der Waals surface area contributed by atoms with E-state index in [0.29, 0.717) is 0 Å². The van der Waals surface area contributed by atoms with Gasteiger partial charge in [0.15, 0.2) is 0 Å². The fourth-order valence-corrected chi connectivity index (χ4v) is 2.03. The van der Waals surface area contributed by atoms with Crippen molar-refractivity contribution in [3.05, 3.63) is 70.3 Å². The van der Waals surface area contributed by atoms with Crippen LogP contribution in [0, 0.1) is 6.92 Å². The van der Waals surface area contributed by atoms with Gasteiger partial charge in [-0.15, -0.1) is 0 Å². The molecule has 0 spiro atoms. The SMILES string of the molecule is CC=Cc1ccc(C)c(\C(C)=C(C)/C=C/C(C)=C/C)c1. The lowest BCUT2D eigenvalue weighted by Crippen LogP contribution is -1.89. The van der Waals surface area contributed by atoms with Crippen molar-refractivity contribution in [2.24, 2.45) is 0 Å². The second kappa shape index (κ2) is 7.69. The third-order valence-corrected chi connectivity index (χ3v) is 3.67. The van der Waals surface area contributed by atoms with Crippen LogP contribution in [-0.2, 0) is 0 Å². The summed E-state index contributed by atoms with van der Waals surface area (Å²) in [6, 6.07) is 6.63. The van der Waals surface area contributed by atoms with Gasteiger partial charge in [0.2, 0.25) is 0 Å². The summed E-state index contributed by atoms with van der Waals surface area (Å²) >= 11 is 0. The molecule has 0 atom stereocenters. The van der Waals surface area contributed by atoms with Crippen molar-refractivity contribution in [3.63, 3.8) is 0 Å². The van der Waals surface area contributed by atoms with Crippen molar-refractivity contribution >= 4 is 11.6 Å². The lowest BCUT2D eigenvalue weighted by Gasteiger charge is -2.10. The normalized spacial score (nSPS) is 14.2. The van der Waals surface area contributed by atoms with Crippen LogP contribution in [0.3, 0.4) is 0 Å². The van der Waals surface area contributed by atoms with Crippen LogP contribution in [0.4, 0.5) is 0 Å². The zero-order chi connectivity index (χ0) is 15.1. The van der Waals surface area contributed by atoms with E-state index in [0.717, 1.165) is 0 Å². The molecule has 1 rings (SSSR count). The molecule has 0 unspecified atom stereocenters. The van der Waals surface area contributed by atoms with Crippen LogP contribution in [0.1, 0.15) is 51.3 Å². The van der Waals surface area contributed by atoms with Crippen molar-refractivity contribution in [2.75, 3.05) is 0 Å². The largest absolute Gasteiger partial charge is 0.0871 e. The van der Waals surface area contributed by atoms with Gasteiger partial charge in [0.05, 0.1) is 0 Å². The van der Waals surface area contributed by atoms with Crippen molar-refractivity contribution in [2.45, 2.75) is 41.5 Å². The average molecular weight is 266 g/mol. The van der Waals surface area contributed by atoms with Crippen molar-refractivity contribution < 1.29 is 0 Å². The Labute approximate surface area is 124 Å². The molecule has 0 nitrogen and oxygen atoms in total. The first-order valence-electron chi connectivity index (χ1n) is 7.21. The molecule has 0 aliphatic carbocycles. The second-order valence-corrected chi connectivity index (χ2v) is 5.25.